The van der Waals surface area contributed by atoms with Gasteiger partial charge in [0.15, 0.2) is 0 Å². The molecule has 0 atom stereocenters. The molecule has 1 heterocycles. The number of rotatable bonds is 1. The number of carbonyl (C=O) groups is 1. The van der Waals surface area contributed by atoms with Crippen LogP contribution in [0.5, 0.6) is 5.88 Å². The highest BCUT2D eigenvalue weighted by Gasteiger charge is 2.04. The Hall–Kier alpha value is -1.65. The highest BCUT2D eigenvalue weighted by atomic mass is 19.1. The van der Waals surface area contributed by atoms with Crippen LogP contribution in [-0.2, 0) is 0 Å². The number of hydrogen-bond donors (Lipinski definition) is 1. The highest BCUT2D eigenvalue weighted by Crippen LogP contribution is 2.10. The van der Waals surface area contributed by atoms with Gasteiger partial charge in [0.1, 0.15) is 5.82 Å². The molecule has 0 spiro atoms. The second-order valence-electron chi connectivity index (χ2n) is 2.36. The van der Waals surface area contributed by atoms with Gasteiger partial charge in [-0.1, -0.05) is 0 Å². The Morgan fingerprint density at radius 1 is 1.62 bits per heavy atom. The lowest BCUT2D eigenvalue weighted by atomic mass is 10.3. The van der Waals surface area contributed by atoms with E-state index in [0.717, 1.165) is 0 Å². The van der Waals surface area contributed by atoms with Crippen molar-refractivity contribution in [2.24, 2.45) is 0 Å². The number of nitrogens with zero attached hydrogens (tertiary/aromatic N) is 1. The van der Waals surface area contributed by atoms with Crippen LogP contribution in [0.3, 0.4) is 0 Å². The van der Waals surface area contributed by atoms with Gasteiger partial charge in [-0.15, -0.1) is 0 Å². The monoisotopic (exact) mass is 184 g/mol. The van der Waals surface area contributed by atoms with Gasteiger partial charge in [0.2, 0.25) is 5.88 Å². The molecule has 1 aromatic rings. The van der Waals surface area contributed by atoms with Gasteiger partial charge in [0, 0.05) is 13.1 Å². The highest BCUT2D eigenvalue weighted by molar-refractivity contribution is 5.69. The lowest BCUT2D eigenvalue weighted by Crippen LogP contribution is -2.22. The summed E-state index contributed by atoms with van der Waals surface area (Å²) in [5, 5.41) is 2.25. The molecule has 70 valence electrons. The maximum Gasteiger partial charge on any atom is 0.413 e. The molecule has 13 heavy (non-hydrogen) atoms. The van der Waals surface area contributed by atoms with E-state index in [4.69, 9.17) is 0 Å². The molecule has 0 aliphatic carbocycles. The Bertz CT molecular complexity index is 328. The van der Waals surface area contributed by atoms with E-state index in [0.29, 0.717) is 0 Å². The van der Waals surface area contributed by atoms with Crippen molar-refractivity contribution in [3.8, 4) is 5.88 Å². The van der Waals surface area contributed by atoms with Crippen molar-refractivity contribution >= 4 is 6.09 Å². The average Bonchev–Trinajstić information content (AvgIpc) is 2.11. The van der Waals surface area contributed by atoms with E-state index in [1.54, 1.807) is 0 Å². The third-order valence-electron chi connectivity index (χ3n) is 1.40. The summed E-state index contributed by atoms with van der Waals surface area (Å²) in [4.78, 5) is 14.4. The van der Waals surface area contributed by atoms with Crippen LogP contribution in [0, 0.1) is 12.7 Å². The van der Waals surface area contributed by atoms with Gasteiger partial charge in [-0.05, 0) is 13.0 Å². The Balaban J connectivity index is 2.79. The van der Waals surface area contributed by atoms with Gasteiger partial charge in [-0.25, -0.2) is 14.2 Å². The number of ether oxygens (including phenoxy) is 1. The molecular formula is C8H9FN2O2. The summed E-state index contributed by atoms with van der Waals surface area (Å²) in [6.45, 7) is 1.49. The van der Waals surface area contributed by atoms with Crippen molar-refractivity contribution in [1.82, 2.24) is 10.3 Å². The Morgan fingerprint density at radius 2 is 2.31 bits per heavy atom. The van der Waals surface area contributed by atoms with Crippen LogP contribution in [0.2, 0.25) is 0 Å². The molecule has 0 fully saturated rings. The van der Waals surface area contributed by atoms with Crippen molar-refractivity contribution in [2.75, 3.05) is 7.05 Å². The number of hydrogen-bond acceptors (Lipinski definition) is 3. The SMILES string of the molecule is CNC(=O)Oc1ccc(F)c(C)n1. The molecule has 1 N–H and O–H groups in total. The summed E-state index contributed by atoms with van der Waals surface area (Å²) in [5.74, 6) is -0.345. The second kappa shape index (κ2) is 3.84. The topological polar surface area (TPSA) is 51.2 Å². The van der Waals surface area contributed by atoms with Crippen LogP contribution in [0.25, 0.3) is 0 Å². The summed E-state index contributed by atoms with van der Waals surface area (Å²) in [7, 11) is 1.43. The van der Waals surface area contributed by atoms with E-state index < -0.39 is 11.9 Å². The molecule has 0 unspecified atom stereocenters. The molecule has 1 aromatic heterocycles. The lowest BCUT2D eigenvalue weighted by Gasteiger charge is -2.02. The smallest absolute Gasteiger partial charge is 0.391 e. The van der Waals surface area contributed by atoms with E-state index in [-0.39, 0.29) is 11.6 Å². The number of amides is 1. The van der Waals surface area contributed by atoms with Crippen LogP contribution in [-0.4, -0.2) is 18.1 Å². The van der Waals surface area contributed by atoms with Gasteiger partial charge >= 0.3 is 6.09 Å². The van der Waals surface area contributed by atoms with Crippen molar-refractivity contribution in [1.29, 1.82) is 0 Å². The average molecular weight is 184 g/mol. The molecule has 4 nitrogen and oxygen atoms in total. The normalized spacial score (nSPS) is 9.46. The van der Waals surface area contributed by atoms with Gasteiger partial charge in [0.25, 0.3) is 0 Å². The first-order valence-electron chi connectivity index (χ1n) is 3.66. The number of halogens is 1. The lowest BCUT2D eigenvalue weighted by molar-refractivity contribution is 0.201. The summed E-state index contributed by atoms with van der Waals surface area (Å²) in [6, 6.07) is 2.48. The number of aryl methyl sites for hydroxylation is 1. The minimum absolute atomic E-state index is 0.0817. The van der Waals surface area contributed by atoms with E-state index in [9.17, 15) is 9.18 Å². The minimum Gasteiger partial charge on any atom is -0.391 e. The maximum atomic E-state index is 12.7. The minimum atomic E-state index is -0.626. The summed E-state index contributed by atoms with van der Waals surface area (Å²) < 4.78 is 17.4. The summed E-state index contributed by atoms with van der Waals surface area (Å²) >= 11 is 0. The first-order valence-corrected chi connectivity index (χ1v) is 3.66. The Kier molecular flexibility index (Phi) is 2.79. The van der Waals surface area contributed by atoms with Gasteiger partial charge in [-0.2, -0.15) is 0 Å². The molecule has 0 aliphatic heterocycles. The Morgan fingerprint density at radius 3 is 2.85 bits per heavy atom. The van der Waals surface area contributed by atoms with Crippen molar-refractivity contribution < 1.29 is 13.9 Å². The molecular weight excluding hydrogens is 175 g/mol. The number of pyridine rings is 1. The van der Waals surface area contributed by atoms with Gasteiger partial charge in [0.05, 0.1) is 5.69 Å². The van der Waals surface area contributed by atoms with Crippen LogP contribution in [0.4, 0.5) is 9.18 Å². The number of nitrogens with one attached hydrogen (secondary N) is 1. The predicted octanol–water partition coefficient (Wildman–Crippen LogP) is 1.25. The van der Waals surface area contributed by atoms with E-state index >= 15 is 0 Å². The number of aromatic nitrogens is 1. The first kappa shape index (κ1) is 9.44. The molecule has 1 amide bonds. The quantitative estimate of drug-likeness (QED) is 0.714. The predicted molar refractivity (Wildman–Crippen MR) is 44.0 cm³/mol. The van der Waals surface area contributed by atoms with Crippen molar-refractivity contribution in [2.45, 2.75) is 6.92 Å². The molecule has 0 saturated heterocycles. The largest absolute Gasteiger partial charge is 0.413 e. The fourth-order valence-electron chi connectivity index (χ4n) is 0.724. The van der Waals surface area contributed by atoms with Gasteiger partial charge < -0.3 is 10.1 Å². The van der Waals surface area contributed by atoms with Crippen LogP contribution >= 0.6 is 0 Å². The molecule has 0 aromatic carbocycles. The van der Waals surface area contributed by atoms with Gasteiger partial charge in [-0.3, -0.25) is 0 Å². The molecule has 0 bridgehead atoms. The molecule has 0 saturated carbocycles. The standard InChI is InChI=1S/C8H9FN2O2/c1-5-6(9)3-4-7(11-5)13-8(12)10-2/h3-4H,1-2H3,(H,10,12). The zero-order chi connectivity index (χ0) is 9.84. The van der Waals surface area contributed by atoms with Crippen LogP contribution in [0.1, 0.15) is 5.69 Å². The fraction of sp³-hybridized carbons (Fsp3) is 0.250. The zero-order valence-electron chi connectivity index (χ0n) is 7.30. The molecule has 0 radical (unpaired) electrons. The zero-order valence-corrected chi connectivity index (χ0v) is 7.30. The van der Waals surface area contributed by atoms with Crippen LogP contribution < -0.4 is 10.1 Å². The van der Waals surface area contributed by atoms with Crippen molar-refractivity contribution in [3.63, 3.8) is 0 Å². The Labute approximate surface area is 74.7 Å². The number of carbonyl (C=O) groups excluding carboxylic acids is 1. The van der Waals surface area contributed by atoms with E-state index in [1.165, 1.54) is 26.1 Å². The molecule has 1 rings (SSSR count). The third-order valence-corrected chi connectivity index (χ3v) is 1.40. The molecule has 0 aliphatic rings. The third kappa shape index (κ3) is 2.40. The molecule has 5 heteroatoms. The summed E-state index contributed by atoms with van der Waals surface area (Å²) in [5.41, 5.74) is 0.196. The van der Waals surface area contributed by atoms with Crippen LogP contribution in [0.15, 0.2) is 12.1 Å². The second-order valence-corrected chi connectivity index (χ2v) is 2.36. The van der Waals surface area contributed by atoms with Crippen molar-refractivity contribution in [3.05, 3.63) is 23.6 Å². The first-order chi connectivity index (χ1) is 6.13. The fourth-order valence-corrected chi connectivity index (χ4v) is 0.724. The van der Waals surface area contributed by atoms with E-state index in [1.807, 2.05) is 0 Å². The summed E-state index contributed by atoms with van der Waals surface area (Å²) in [6.07, 6.45) is -0.626. The van der Waals surface area contributed by atoms with E-state index in [2.05, 4.69) is 15.0 Å². The maximum absolute atomic E-state index is 12.7.